The Morgan fingerprint density at radius 2 is 1.12 bits per heavy atom. The fraction of sp³-hybridized carbons (Fsp3) is 0.684. The average molecular weight is 475 g/mol. The number of hydrogen-bond donors (Lipinski definition) is 8. The first kappa shape index (κ1) is 29.7. The molecule has 0 unspecified atom stereocenters. The first-order valence-electron chi connectivity index (χ1n) is 10.4. The van der Waals surface area contributed by atoms with Gasteiger partial charge in [0.05, 0.1) is 6.04 Å². The van der Waals surface area contributed by atoms with Crippen LogP contribution in [0.25, 0.3) is 0 Å². The summed E-state index contributed by atoms with van der Waals surface area (Å²) in [4.78, 5) is 70.3. The van der Waals surface area contributed by atoms with E-state index in [1.807, 2.05) is 0 Å². The number of carboxylic acid groups (broad SMARTS) is 3. The van der Waals surface area contributed by atoms with Crippen LogP contribution in [0, 0.1) is 0 Å². The van der Waals surface area contributed by atoms with E-state index in [0.29, 0.717) is 19.4 Å². The van der Waals surface area contributed by atoms with Gasteiger partial charge in [-0.05, 0) is 45.6 Å². The van der Waals surface area contributed by atoms with Gasteiger partial charge in [-0.2, -0.15) is 0 Å². The maximum absolute atomic E-state index is 12.7. The summed E-state index contributed by atoms with van der Waals surface area (Å²) in [5, 5.41) is 33.8. The molecule has 0 bridgehead atoms. The highest BCUT2D eigenvalue weighted by Gasteiger charge is 2.30. The SMILES string of the molecule is C[C@H](N)C(=O)N[C@@H](CCC(=O)O)C(=O)N[C@@H](CCCCN)C(=O)N[C@@H](CCC(=O)O)C(=O)O. The van der Waals surface area contributed by atoms with Crippen LogP contribution in [-0.4, -0.2) is 81.7 Å². The average Bonchev–Trinajstić information content (AvgIpc) is 2.72. The number of nitrogens with one attached hydrogen (secondary N) is 3. The van der Waals surface area contributed by atoms with Gasteiger partial charge >= 0.3 is 17.9 Å². The Morgan fingerprint density at radius 3 is 1.55 bits per heavy atom. The fourth-order valence-corrected chi connectivity index (χ4v) is 2.67. The molecule has 0 aromatic carbocycles. The molecule has 0 rings (SSSR count). The Hall–Kier alpha value is -3.26. The van der Waals surface area contributed by atoms with Gasteiger partial charge in [0.2, 0.25) is 17.7 Å². The molecule has 0 aliphatic carbocycles. The van der Waals surface area contributed by atoms with Crippen molar-refractivity contribution in [3.8, 4) is 0 Å². The Morgan fingerprint density at radius 1 is 0.697 bits per heavy atom. The normalized spacial score (nSPS) is 14.3. The molecule has 3 amide bonds. The minimum absolute atomic E-state index is 0.0763. The summed E-state index contributed by atoms with van der Waals surface area (Å²) >= 11 is 0. The lowest BCUT2D eigenvalue weighted by atomic mass is 10.0. The quantitative estimate of drug-likeness (QED) is 0.104. The molecule has 0 aromatic heterocycles. The van der Waals surface area contributed by atoms with Crippen LogP contribution >= 0.6 is 0 Å². The van der Waals surface area contributed by atoms with Crippen molar-refractivity contribution >= 4 is 35.6 Å². The molecule has 0 radical (unpaired) electrons. The monoisotopic (exact) mass is 475 g/mol. The van der Waals surface area contributed by atoms with Crippen LogP contribution in [-0.2, 0) is 28.8 Å². The number of unbranched alkanes of at least 4 members (excludes halogenated alkanes) is 1. The summed E-state index contributed by atoms with van der Waals surface area (Å²) in [6.45, 7) is 1.68. The summed E-state index contributed by atoms with van der Waals surface area (Å²) in [7, 11) is 0. The van der Waals surface area contributed by atoms with Crippen LogP contribution in [0.5, 0.6) is 0 Å². The molecule has 0 spiro atoms. The predicted molar refractivity (Wildman–Crippen MR) is 114 cm³/mol. The molecule has 0 aliphatic rings. The van der Waals surface area contributed by atoms with Crippen molar-refractivity contribution in [2.45, 2.75) is 76.0 Å². The highest BCUT2D eigenvalue weighted by Crippen LogP contribution is 2.06. The van der Waals surface area contributed by atoms with Gasteiger partial charge in [0.1, 0.15) is 18.1 Å². The van der Waals surface area contributed by atoms with E-state index in [1.165, 1.54) is 6.92 Å². The number of aliphatic carboxylic acids is 3. The van der Waals surface area contributed by atoms with Crippen LogP contribution in [0.3, 0.4) is 0 Å². The Balaban J connectivity index is 5.48. The third kappa shape index (κ3) is 13.0. The number of nitrogens with two attached hydrogens (primary N) is 2. The van der Waals surface area contributed by atoms with Gasteiger partial charge in [0, 0.05) is 12.8 Å². The largest absolute Gasteiger partial charge is 0.481 e. The van der Waals surface area contributed by atoms with Gasteiger partial charge in [-0.3, -0.25) is 24.0 Å². The van der Waals surface area contributed by atoms with Crippen molar-refractivity contribution in [1.82, 2.24) is 16.0 Å². The van der Waals surface area contributed by atoms with Crippen molar-refractivity contribution in [2.75, 3.05) is 6.54 Å². The van der Waals surface area contributed by atoms with Crippen molar-refractivity contribution in [1.29, 1.82) is 0 Å². The van der Waals surface area contributed by atoms with Gasteiger partial charge in [0.25, 0.3) is 0 Å². The van der Waals surface area contributed by atoms with E-state index < -0.39 is 72.6 Å². The molecule has 0 saturated heterocycles. The molecule has 14 nitrogen and oxygen atoms in total. The first-order chi connectivity index (χ1) is 15.4. The van der Waals surface area contributed by atoms with Crippen molar-refractivity contribution in [2.24, 2.45) is 11.5 Å². The lowest BCUT2D eigenvalue weighted by molar-refractivity contribution is -0.143. The molecule has 0 aromatic rings. The molecular weight excluding hydrogens is 442 g/mol. The van der Waals surface area contributed by atoms with Gasteiger partial charge in [-0.15, -0.1) is 0 Å². The number of amides is 3. The molecule has 0 aliphatic heterocycles. The zero-order valence-electron chi connectivity index (χ0n) is 18.4. The van der Waals surface area contributed by atoms with E-state index >= 15 is 0 Å². The van der Waals surface area contributed by atoms with Crippen LogP contribution in [0.2, 0.25) is 0 Å². The zero-order chi connectivity index (χ0) is 25.6. The van der Waals surface area contributed by atoms with Crippen molar-refractivity contribution in [3.63, 3.8) is 0 Å². The summed E-state index contributed by atoms with van der Waals surface area (Å²) in [5.74, 6) is -6.31. The summed E-state index contributed by atoms with van der Waals surface area (Å²) in [5.41, 5.74) is 10.9. The third-order valence-corrected chi connectivity index (χ3v) is 4.53. The minimum Gasteiger partial charge on any atom is -0.481 e. The Kier molecular flexibility index (Phi) is 14.0. The number of carboxylic acids is 3. The number of carbonyl (C=O) groups is 6. The van der Waals surface area contributed by atoms with E-state index in [0.717, 1.165) is 0 Å². The molecule has 14 heteroatoms. The molecule has 188 valence electrons. The first-order valence-corrected chi connectivity index (χ1v) is 10.4. The molecular formula is C19H33N5O9. The molecule has 4 atom stereocenters. The number of rotatable bonds is 17. The smallest absolute Gasteiger partial charge is 0.326 e. The maximum Gasteiger partial charge on any atom is 0.326 e. The Bertz CT molecular complexity index is 714. The van der Waals surface area contributed by atoms with Crippen LogP contribution in [0.15, 0.2) is 0 Å². The maximum atomic E-state index is 12.7. The minimum atomic E-state index is -1.50. The third-order valence-electron chi connectivity index (χ3n) is 4.53. The second kappa shape index (κ2) is 15.5. The van der Waals surface area contributed by atoms with Crippen LogP contribution < -0.4 is 27.4 Å². The van der Waals surface area contributed by atoms with E-state index in [-0.39, 0.29) is 19.3 Å². The molecule has 0 heterocycles. The zero-order valence-corrected chi connectivity index (χ0v) is 18.4. The van der Waals surface area contributed by atoms with Gasteiger partial charge < -0.3 is 42.7 Å². The fourth-order valence-electron chi connectivity index (χ4n) is 2.67. The van der Waals surface area contributed by atoms with Crippen molar-refractivity contribution < 1.29 is 44.1 Å². The van der Waals surface area contributed by atoms with E-state index in [2.05, 4.69) is 16.0 Å². The lowest BCUT2D eigenvalue weighted by Crippen LogP contribution is -2.57. The predicted octanol–water partition coefficient (Wildman–Crippen LogP) is -2.27. The number of carbonyl (C=O) groups excluding carboxylic acids is 3. The van der Waals surface area contributed by atoms with E-state index in [4.69, 9.17) is 21.7 Å². The highest BCUT2D eigenvalue weighted by atomic mass is 16.4. The summed E-state index contributed by atoms with van der Waals surface area (Å²) in [6, 6.07) is -5.00. The molecule has 10 N–H and O–H groups in total. The van der Waals surface area contributed by atoms with Crippen molar-refractivity contribution in [3.05, 3.63) is 0 Å². The molecule has 0 fully saturated rings. The van der Waals surface area contributed by atoms with E-state index in [1.54, 1.807) is 0 Å². The summed E-state index contributed by atoms with van der Waals surface area (Å²) in [6.07, 6.45) is -0.607. The topological polar surface area (TPSA) is 251 Å². The van der Waals surface area contributed by atoms with Gasteiger partial charge in [-0.1, -0.05) is 0 Å². The second-order valence-corrected chi connectivity index (χ2v) is 7.46. The van der Waals surface area contributed by atoms with Gasteiger partial charge in [0.15, 0.2) is 0 Å². The molecule has 33 heavy (non-hydrogen) atoms. The Labute approximate surface area is 190 Å². The molecule has 0 saturated carbocycles. The highest BCUT2D eigenvalue weighted by molar-refractivity contribution is 5.94. The van der Waals surface area contributed by atoms with Crippen LogP contribution in [0.4, 0.5) is 0 Å². The van der Waals surface area contributed by atoms with Crippen LogP contribution in [0.1, 0.15) is 51.9 Å². The number of hydrogen-bond acceptors (Lipinski definition) is 8. The standard InChI is InChI=1S/C19H33N5O9/c1-10(21)16(29)22-12(5-7-14(25)26)18(31)23-11(4-2-3-9-20)17(30)24-13(19(32)33)6-8-15(27)28/h10-13H,2-9,20-21H2,1H3,(H,22,29)(H,23,31)(H,24,30)(H,25,26)(H,27,28)(H,32,33)/t10-,11-,12-,13-/m0/s1. The van der Waals surface area contributed by atoms with E-state index in [9.17, 15) is 33.9 Å². The summed E-state index contributed by atoms with van der Waals surface area (Å²) < 4.78 is 0. The van der Waals surface area contributed by atoms with Gasteiger partial charge in [-0.25, -0.2) is 4.79 Å². The second-order valence-electron chi connectivity index (χ2n) is 7.46. The lowest BCUT2D eigenvalue weighted by Gasteiger charge is -2.24.